The Hall–Kier alpha value is -1.91. The van der Waals surface area contributed by atoms with E-state index in [1.54, 1.807) is 24.3 Å². The highest BCUT2D eigenvalue weighted by molar-refractivity contribution is 7.92. The van der Waals surface area contributed by atoms with Gasteiger partial charge in [-0.15, -0.1) is 10.2 Å². The molecule has 0 saturated carbocycles. The van der Waals surface area contributed by atoms with Gasteiger partial charge in [0.05, 0.1) is 19.3 Å². The molecular weight excluding hydrogens is 364 g/mol. The molecule has 0 aliphatic rings. The van der Waals surface area contributed by atoms with Crippen molar-refractivity contribution in [3.63, 3.8) is 0 Å². The quantitative estimate of drug-likeness (QED) is 0.764. The Labute approximate surface area is 141 Å². The van der Waals surface area contributed by atoms with Crippen LogP contribution in [0, 0.1) is 0 Å². The number of hydrogen-bond donors (Lipinski definition) is 2. The number of nitrogens with one attached hydrogen (secondary N) is 2. The van der Waals surface area contributed by atoms with E-state index in [1.807, 2.05) is 0 Å². The zero-order valence-corrected chi connectivity index (χ0v) is 14.3. The molecule has 1 aromatic carbocycles. The van der Waals surface area contributed by atoms with Crippen LogP contribution in [0.5, 0.6) is 5.75 Å². The van der Waals surface area contributed by atoms with Crippen LogP contribution in [0.25, 0.3) is 0 Å². The highest BCUT2D eigenvalue weighted by Crippen LogP contribution is 2.21. The molecule has 0 aliphatic heterocycles. The van der Waals surface area contributed by atoms with E-state index in [9.17, 15) is 13.2 Å². The van der Waals surface area contributed by atoms with Crippen molar-refractivity contribution >= 4 is 49.1 Å². The number of hydrogen-bond acceptors (Lipinski definition) is 7. The first-order valence-corrected chi connectivity index (χ1v) is 9.40. The van der Waals surface area contributed by atoms with Gasteiger partial charge in [0.25, 0.3) is 0 Å². The van der Waals surface area contributed by atoms with Gasteiger partial charge in [0, 0.05) is 5.02 Å². The minimum Gasteiger partial charge on any atom is -0.493 e. The van der Waals surface area contributed by atoms with E-state index in [-0.39, 0.29) is 29.2 Å². The van der Waals surface area contributed by atoms with Crippen molar-refractivity contribution < 1.29 is 17.9 Å². The molecule has 0 fully saturated rings. The molecule has 0 saturated heterocycles. The maximum absolute atomic E-state index is 11.7. The van der Waals surface area contributed by atoms with Crippen molar-refractivity contribution in [1.82, 2.24) is 10.2 Å². The summed E-state index contributed by atoms with van der Waals surface area (Å²) in [6.45, 7) is 0.166. The molecule has 11 heteroatoms. The summed E-state index contributed by atoms with van der Waals surface area (Å²) in [5.74, 6) is 0.245. The lowest BCUT2D eigenvalue weighted by Crippen LogP contribution is -2.15. The van der Waals surface area contributed by atoms with Crippen molar-refractivity contribution in [2.24, 2.45) is 0 Å². The first-order valence-electron chi connectivity index (χ1n) is 6.31. The SMILES string of the molecule is CS(=O)(=O)Nc1nnc(NC(=O)CCOc2cccc(Cl)c2)s1. The molecule has 2 N–H and O–H groups in total. The van der Waals surface area contributed by atoms with E-state index >= 15 is 0 Å². The minimum absolute atomic E-state index is 0.0815. The first kappa shape index (κ1) is 17.4. The van der Waals surface area contributed by atoms with Crippen LogP contribution in [0.3, 0.4) is 0 Å². The summed E-state index contributed by atoms with van der Waals surface area (Å²) >= 11 is 6.74. The summed E-state index contributed by atoms with van der Waals surface area (Å²) in [6.07, 6.45) is 1.10. The van der Waals surface area contributed by atoms with E-state index in [2.05, 4.69) is 20.2 Å². The van der Waals surface area contributed by atoms with Crippen molar-refractivity contribution in [3.05, 3.63) is 29.3 Å². The maximum atomic E-state index is 11.7. The van der Waals surface area contributed by atoms with E-state index in [4.69, 9.17) is 16.3 Å². The van der Waals surface area contributed by atoms with Gasteiger partial charge in [-0.2, -0.15) is 0 Å². The molecule has 2 rings (SSSR count). The van der Waals surface area contributed by atoms with Gasteiger partial charge in [0.2, 0.25) is 26.2 Å². The second-order valence-electron chi connectivity index (χ2n) is 4.39. The summed E-state index contributed by atoms with van der Waals surface area (Å²) in [5, 5.41) is 10.6. The van der Waals surface area contributed by atoms with Crippen LogP contribution >= 0.6 is 22.9 Å². The molecule has 23 heavy (non-hydrogen) atoms. The Morgan fingerprint density at radius 1 is 1.35 bits per heavy atom. The van der Waals surface area contributed by atoms with Gasteiger partial charge in [-0.05, 0) is 18.2 Å². The number of amides is 1. The zero-order valence-electron chi connectivity index (χ0n) is 11.9. The molecule has 0 spiro atoms. The summed E-state index contributed by atoms with van der Waals surface area (Å²) < 4.78 is 29.7. The van der Waals surface area contributed by atoms with Gasteiger partial charge < -0.3 is 10.1 Å². The molecule has 0 radical (unpaired) electrons. The number of sulfonamides is 1. The van der Waals surface area contributed by atoms with Crippen molar-refractivity contribution in [1.29, 1.82) is 0 Å². The Bertz CT molecular complexity index is 794. The Morgan fingerprint density at radius 3 is 2.78 bits per heavy atom. The molecule has 0 atom stereocenters. The van der Waals surface area contributed by atoms with Gasteiger partial charge in [-0.25, -0.2) is 8.42 Å². The minimum atomic E-state index is -3.43. The predicted octanol–water partition coefficient (Wildman–Crippen LogP) is 1.97. The second-order valence-corrected chi connectivity index (χ2v) is 7.55. The van der Waals surface area contributed by atoms with E-state index < -0.39 is 10.0 Å². The number of aromatic nitrogens is 2. The van der Waals surface area contributed by atoms with Crippen LogP contribution in [-0.2, 0) is 14.8 Å². The van der Waals surface area contributed by atoms with E-state index in [1.165, 1.54) is 0 Å². The topological polar surface area (TPSA) is 110 Å². The standard InChI is InChI=1S/C12H13ClN4O4S2/c1-23(19,20)17-12-16-15-11(22-12)14-10(18)5-6-21-9-4-2-3-8(13)7-9/h2-4,7H,5-6H2,1H3,(H,16,17)(H,14,15,18). The van der Waals surface area contributed by atoms with E-state index in [0.29, 0.717) is 10.8 Å². The molecular formula is C12H13ClN4O4S2. The predicted molar refractivity (Wildman–Crippen MR) is 88.6 cm³/mol. The summed E-state index contributed by atoms with van der Waals surface area (Å²) in [7, 11) is -3.43. The molecule has 1 amide bonds. The van der Waals surface area contributed by atoms with Gasteiger partial charge >= 0.3 is 0 Å². The Balaban J connectivity index is 1.79. The third kappa shape index (κ3) is 6.38. The average molecular weight is 377 g/mol. The number of carbonyl (C=O) groups excluding carboxylic acids is 1. The summed E-state index contributed by atoms with van der Waals surface area (Å²) in [4.78, 5) is 11.7. The van der Waals surface area contributed by atoms with Crippen LogP contribution in [0.2, 0.25) is 5.02 Å². The summed E-state index contributed by atoms with van der Waals surface area (Å²) in [6, 6.07) is 6.85. The lowest BCUT2D eigenvalue weighted by atomic mass is 10.3. The second kappa shape index (κ2) is 7.57. The van der Waals surface area contributed by atoms with Gasteiger partial charge in [0.15, 0.2) is 0 Å². The van der Waals surface area contributed by atoms with Gasteiger partial charge in [-0.1, -0.05) is 29.0 Å². The molecule has 124 valence electrons. The average Bonchev–Trinajstić information content (AvgIpc) is 2.83. The van der Waals surface area contributed by atoms with Gasteiger partial charge in [0.1, 0.15) is 5.75 Å². The molecule has 0 unspecified atom stereocenters. The highest BCUT2D eigenvalue weighted by Gasteiger charge is 2.11. The molecule has 8 nitrogen and oxygen atoms in total. The number of nitrogens with zero attached hydrogens (tertiary/aromatic N) is 2. The van der Waals surface area contributed by atoms with Crippen LogP contribution in [0.15, 0.2) is 24.3 Å². The molecule has 1 heterocycles. The van der Waals surface area contributed by atoms with E-state index in [0.717, 1.165) is 17.6 Å². The molecule has 2 aromatic rings. The maximum Gasteiger partial charge on any atom is 0.231 e. The van der Waals surface area contributed by atoms with Gasteiger partial charge in [-0.3, -0.25) is 9.52 Å². The third-order valence-electron chi connectivity index (χ3n) is 2.34. The zero-order chi connectivity index (χ0) is 16.9. The highest BCUT2D eigenvalue weighted by atomic mass is 35.5. The molecule has 1 aromatic heterocycles. The lowest BCUT2D eigenvalue weighted by Gasteiger charge is -2.05. The van der Waals surface area contributed by atoms with Crippen molar-refractivity contribution in [3.8, 4) is 5.75 Å². The van der Waals surface area contributed by atoms with Crippen LogP contribution in [0.1, 0.15) is 6.42 Å². The summed E-state index contributed by atoms with van der Waals surface area (Å²) in [5.41, 5.74) is 0. The Kier molecular flexibility index (Phi) is 5.74. The fraction of sp³-hybridized carbons (Fsp3) is 0.250. The normalized spacial score (nSPS) is 11.0. The molecule has 0 aliphatic carbocycles. The lowest BCUT2D eigenvalue weighted by molar-refractivity contribution is -0.116. The number of carbonyl (C=O) groups is 1. The van der Waals surface area contributed by atoms with Crippen molar-refractivity contribution in [2.45, 2.75) is 6.42 Å². The fourth-order valence-corrected chi connectivity index (χ4v) is 3.14. The number of benzene rings is 1. The number of ether oxygens (including phenoxy) is 1. The number of halogens is 1. The first-order chi connectivity index (χ1) is 10.8. The molecule has 0 bridgehead atoms. The van der Waals surface area contributed by atoms with Crippen LogP contribution < -0.4 is 14.8 Å². The fourth-order valence-electron chi connectivity index (χ4n) is 1.47. The Morgan fingerprint density at radius 2 is 2.09 bits per heavy atom. The van der Waals surface area contributed by atoms with Crippen LogP contribution in [-0.4, -0.2) is 37.4 Å². The monoisotopic (exact) mass is 376 g/mol. The largest absolute Gasteiger partial charge is 0.493 e. The number of anilines is 2. The van der Waals surface area contributed by atoms with Crippen molar-refractivity contribution in [2.75, 3.05) is 22.9 Å². The smallest absolute Gasteiger partial charge is 0.231 e. The number of rotatable bonds is 7. The third-order valence-corrected chi connectivity index (χ3v) is 4.02. The van der Waals surface area contributed by atoms with Crippen LogP contribution in [0.4, 0.5) is 10.3 Å².